The van der Waals surface area contributed by atoms with Crippen LogP contribution in [0.2, 0.25) is 0 Å². The predicted octanol–water partition coefficient (Wildman–Crippen LogP) is 2.00. The van der Waals surface area contributed by atoms with Crippen molar-refractivity contribution in [3.05, 3.63) is 35.9 Å². The van der Waals surface area contributed by atoms with Gasteiger partial charge in [0.1, 0.15) is 6.61 Å². The number of esters is 1. The van der Waals surface area contributed by atoms with Crippen molar-refractivity contribution >= 4 is 18.2 Å². The lowest BCUT2D eigenvalue weighted by atomic mass is 10.0. The summed E-state index contributed by atoms with van der Waals surface area (Å²) < 4.78 is 15.3. The summed E-state index contributed by atoms with van der Waals surface area (Å²) in [4.78, 5) is 36.5. The third-order valence-electron chi connectivity index (χ3n) is 4.46. The Bertz CT molecular complexity index is 653. The topological polar surface area (TPSA) is 114 Å². The van der Waals surface area contributed by atoms with Crippen LogP contribution in [0, 0.1) is 0 Å². The molecule has 28 heavy (non-hydrogen) atoms. The molecule has 0 bridgehead atoms. The van der Waals surface area contributed by atoms with Gasteiger partial charge in [-0.25, -0.2) is 14.4 Å². The largest absolute Gasteiger partial charge is 0.467 e. The van der Waals surface area contributed by atoms with E-state index in [1.54, 1.807) is 0 Å². The summed E-state index contributed by atoms with van der Waals surface area (Å²) in [5.41, 5.74) is 0.814. The van der Waals surface area contributed by atoms with Gasteiger partial charge in [-0.1, -0.05) is 30.3 Å². The highest BCUT2D eigenvalue weighted by molar-refractivity contribution is 5.81. The molecule has 1 heterocycles. The number of amides is 2. The molecule has 1 fully saturated rings. The third-order valence-corrected chi connectivity index (χ3v) is 4.46. The second-order valence-electron chi connectivity index (χ2n) is 6.44. The lowest BCUT2D eigenvalue weighted by Crippen LogP contribution is -2.48. The average Bonchev–Trinajstić information content (AvgIpc) is 2.72. The van der Waals surface area contributed by atoms with E-state index in [-0.39, 0.29) is 25.9 Å². The van der Waals surface area contributed by atoms with Crippen molar-refractivity contribution in [2.24, 2.45) is 0 Å². The van der Waals surface area contributed by atoms with Crippen LogP contribution < -0.4 is 5.32 Å². The first-order valence-electron chi connectivity index (χ1n) is 9.13. The number of piperidine rings is 1. The van der Waals surface area contributed by atoms with Crippen molar-refractivity contribution in [1.82, 2.24) is 10.2 Å². The Morgan fingerprint density at radius 3 is 2.68 bits per heavy atom. The number of hydrogen-bond acceptors (Lipinski definition) is 6. The minimum absolute atomic E-state index is 0.0665. The molecular weight excluding hydrogens is 368 g/mol. The van der Waals surface area contributed by atoms with Gasteiger partial charge in [0.05, 0.1) is 26.4 Å². The van der Waals surface area contributed by atoms with Crippen molar-refractivity contribution in [1.29, 1.82) is 0 Å². The maximum Gasteiger partial charge on any atom is 0.408 e. The van der Waals surface area contributed by atoms with Crippen LogP contribution in [-0.4, -0.2) is 67.1 Å². The molecule has 1 saturated heterocycles. The number of carboxylic acid groups (broad SMARTS) is 1. The van der Waals surface area contributed by atoms with Crippen LogP contribution in [0.5, 0.6) is 0 Å². The van der Waals surface area contributed by atoms with Gasteiger partial charge in [0.2, 0.25) is 0 Å². The molecule has 0 radical (unpaired) electrons. The molecule has 1 aliphatic heterocycles. The number of benzene rings is 1. The molecule has 0 spiro atoms. The number of carbonyl (C=O) groups excluding carboxylic acids is 2. The van der Waals surface area contributed by atoms with Crippen LogP contribution in [0.4, 0.5) is 9.59 Å². The monoisotopic (exact) mass is 394 g/mol. The normalized spacial score (nSPS) is 17.5. The maximum atomic E-state index is 12.0. The van der Waals surface area contributed by atoms with Gasteiger partial charge >= 0.3 is 18.2 Å². The van der Waals surface area contributed by atoms with E-state index in [2.05, 4.69) is 10.1 Å². The highest BCUT2D eigenvalue weighted by Gasteiger charge is 2.28. The van der Waals surface area contributed by atoms with Crippen LogP contribution in [0.15, 0.2) is 30.3 Å². The first-order valence-corrected chi connectivity index (χ1v) is 9.13. The van der Waals surface area contributed by atoms with E-state index < -0.39 is 24.2 Å². The second kappa shape index (κ2) is 11.1. The standard InChI is InChI=1S/C19H26N2O7/c1-26-17(22)16(20-18(23)28-11-14-7-3-2-4-8-14)13-27-12-15-9-5-6-10-21(15)19(24)25/h2-4,7-8,15-16H,5-6,9-13H2,1H3,(H,20,23)(H,24,25)/t15-,16?/m1/s1. The second-order valence-corrected chi connectivity index (χ2v) is 6.44. The molecule has 9 nitrogen and oxygen atoms in total. The summed E-state index contributed by atoms with van der Waals surface area (Å²) in [5.74, 6) is -0.671. The Morgan fingerprint density at radius 1 is 1.25 bits per heavy atom. The molecule has 9 heteroatoms. The summed E-state index contributed by atoms with van der Waals surface area (Å²) >= 11 is 0. The number of carbonyl (C=O) groups is 3. The van der Waals surface area contributed by atoms with Crippen molar-refractivity contribution < 1.29 is 33.7 Å². The summed E-state index contributed by atoms with van der Waals surface area (Å²) in [6.45, 7) is 0.530. The molecule has 2 rings (SSSR count). The number of alkyl carbamates (subject to hydrolysis) is 1. The van der Waals surface area contributed by atoms with E-state index >= 15 is 0 Å². The molecule has 1 aromatic rings. The van der Waals surface area contributed by atoms with E-state index in [0.29, 0.717) is 13.0 Å². The summed E-state index contributed by atoms with van der Waals surface area (Å²) in [7, 11) is 1.21. The Balaban J connectivity index is 1.81. The van der Waals surface area contributed by atoms with Crippen molar-refractivity contribution in [2.75, 3.05) is 26.9 Å². The van der Waals surface area contributed by atoms with Gasteiger partial charge in [-0.2, -0.15) is 0 Å². The molecule has 2 N–H and O–H groups in total. The smallest absolute Gasteiger partial charge is 0.408 e. The number of nitrogens with one attached hydrogen (secondary N) is 1. The fourth-order valence-corrected chi connectivity index (χ4v) is 2.97. The first kappa shape index (κ1) is 21.5. The van der Waals surface area contributed by atoms with Gasteiger partial charge in [-0.05, 0) is 24.8 Å². The highest BCUT2D eigenvalue weighted by atomic mass is 16.6. The van der Waals surface area contributed by atoms with Crippen LogP contribution >= 0.6 is 0 Å². The number of rotatable bonds is 8. The Hall–Kier alpha value is -2.81. The van der Waals surface area contributed by atoms with E-state index in [0.717, 1.165) is 18.4 Å². The van der Waals surface area contributed by atoms with Crippen molar-refractivity contribution in [3.63, 3.8) is 0 Å². The zero-order valence-electron chi connectivity index (χ0n) is 15.8. The van der Waals surface area contributed by atoms with Gasteiger partial charge in [0, 0.05) is 6.54 Å². The number of ether oxygens (including phenoxy) is 3. The number of methoxy groups -OCH3 is 1. The minimum Gasteiger partial charge on any atom is -0.467 e. The summed E-state index contributed by atoms with van der Waals surface area (Å²) in [5, 5.41) is 11.7. The quantitative estimate of drug-likeness (QED) is 0.648. The Labute approximate surface area is 163 Å². The zero-order valence-corrected chi connectivity index (χ0v) is 15.8. The predicted molar refractivity (Wildman–Crippen MR) is 98.8 cm³/mol. The fraction of sp³-hybridized carbons (Fsp3) is 0.526. The highest BCUT2D eigenvalue weighted by Crippen LogP contribution is 2.17. The number of nitrogens with zero attached hydrogens (tertiary/aromatic N) is 1. The van der Waals surface area contributed by atoms with E-state index in [1.807, 2.05) is 30.3 Å². The SMILES string of the molecule is COC(=O)C(COC[C@H]1CCCCN1C(=O)O)NC(=O)OCc1ccccc1. The maximum absolute atomic E-state index is 12.0. The van der Waals surface area contributed by atoms with Gasteiger partial charge in [0.25, 0.3) is 0 Å². The van der Waals surface area contributed by atoms with Crippen LogP contribution in [0.1, 0.15) is 24.8 Å². The van der Waals surface area contributed by atoms with Gasteiger partial charge < -0.3 is 29.5 Å². The van der Waals surface area contributed by atoms with Gasteiger partial charge in [-0.15, -0.1) is 0 Å². The molecule has 0 aliphatic carbocycles. The molecule has 1 aromatic carbocycles. The molecule has 2 amide bonds. The van der Waals surface area contributed by atoms with Gasteiger partial charge in [0.15, 0.2) is 6.04 Å². The van der Waals surface area contributed by atoms with Crippen LogP contribution in [0.25, 0.3) is 0 Å². The first-order chi connectivity index (χ1) is 13.5. The molecule has 1 aliphatic rings. The molecular formula is C19H26N2O7. The molecule has 2 atom stereocenters. The van der Waals surface area contributed by atoms with E-state index in [9.17, 15) is 19.5 Å². The van der Waals surface area contributed by atoms with Crippen molar-refractivity contribution in [2.45, 2.75) is 38.0 Å². The minimum atomic E-state index is -1.05. The van der Waals surface area contributed by atoms with Gasteiger partial charge in [-0.3, -0.25) is 0 Å². The molecule has 1 unspecified atom stereocenters. The zero-order chi connectivity index (χ0) is 20.4. The van der Waals surface area contributed by atoms with Crippen LogP contribution in [0.3, 0.4) is 0 Å². The fourth-order valence-electron chi connectivity index (χ4n) is 2.97. The van der Waals surface area contributed by atoms with E-state index in [4.69, 9.17) is 9.47 Å². The molecule has 154 valence electrons. The van der Waals surface area contributed by atoms with Crippen LogP contribution in [-0.2, 0) is 25.6 Å². The summed E-state index contributed by atoms with van der Waals surface area (Å²) in [6.07, 6.45) is 0.681. The Kier molecular flexibility index (Phi) is 8.54. The van der Waals surface area contributed by atoms with E-state index in [1.165, 1.54) is 12.0 Å². The number of hydrogen-bond donors (Lipinski definition) is 2. The molecule has 0 saturated carbocycles. The summed E-state index contributed by atoms with van der Waals surface area (Å²) in [6, 6.07) is 7.82. The average molecular weight is 394 g/mol. The lowest BCUT2D eigenvalue weighted by molar-refractivity contribution is -0.144. The number of likely N-dealkylation sites (tertiary alicyclic amines) is 1. The van der Waals surface area contributed by atoms with Crippen molar-refractivity contribution in [3.8, 4) is 0 Å². The third kappa shape index (κ3) is 6.73. The Morgan fingerprint density at radius 2 is 2.00 bits per heavy atom. The lowest BCUT2D eigenvalue weighted by Gasteiger charge is -2.33. The molecule has 0 aromatic heterocycles.